The van der Waals surface area contributed by atoms with Crippen LogP contribution in [-0.2, 0) is 0 Å². The van der Waals surface area contributed by atoms with Crippen molar-refractivity contribution in [3.05, 3.63) is 29.8 Å². The maximum Gasteiger partial charge on any atom is 0.317 e. The zero-order valence-electron chi connectivity index (χ0n) is 13.3. The number of benzene rings is 1. The zero-order valence-corrected chi connectivity index (χ0v) is 13.3. The van der Waals surface area contributed by atoms with E-state index in [1.165, 1.54) is 12.0 Å². The fraction of sp³-hybridized carbons (Fsp3) is 0.588. The quantitative estimate of drug-likeness (QED) is 0.925. The third-order valence-corrected chi connectivity index (χ3v) is 3.80. The maximum atomic E-state index is 12.2. The molecule has 1 aliphatic heterocycles. The molecule has 2 atom stereocenters. The number of nitrogens with one attached hydrogen (secondary N) is 1. The van der Waals surface area contributed by atoms with E-state index in [4.69, 9.17) is 4.74 Å². The standard InChI is InChI=1S/C17H26N2O2/c1-13-6-4-8-16(10-13)21-12-15(3)18-17(20)19-9-5-7-14(2)11-19/h4,6,8,10,14-15H,5,7,9,11-12H2,1-3H3,(H,18,20). The van der Waals surface area contributed by atoms with Gasteiger partial charge in [-0.2, -0.15) is 0 Å². The first-order valence-corrected chi connectivity index (χ1v) is 7.79. The van der Waals surface area contributed by atoms with Crippen LogP contribution >= 0.6 is 0 Å². The molecular weight excluding hydrogens is 264 g/mol. The number of ether oxygens (including phenoxy) is 1. The van der Waals surface area contributed by atoms with Crippen LogP contribution in [0.25, 0.3) is 0 Å². The number of aryl methyl sites for hydroxylation is 1. The largest absolute Gasteiger partial charge is 0.491 e. The lowest BCUT2D eigenvalue weighted by Crippen LogP contribution is -2.48. The van der Waals surface area contributed by atoms with Gasteiger partial charge < -0.3 is 15.0 Å². The third-order valence-electron chi connectivity index (χ3n) is 3.80. The summed E-state index contributed by atoms with van der Waals surface area (Å²) in [5.41, 5.74) is 1.17. The number of piperidine rings is 1. The highest BCUT2D eigenvalue weighted by molar-refractivity contribution is 5.74. The SMILES string of the molecule is Cc1cccc(OCC(C)NC(=O)N2CCCC(C)C2)c1. The highest BCUT2D eigenvalue weighted by atomic mass is 16.5. The molecule has 0 saturated carbocycles. The summed E-state index contributed by atoms with van der Waals surface area (Å²) < 4.78 is 5.72. The van der Waals surface area contributed by atoms with Crippen LogP contribution in [0.1, 0.15) is 32.3 Å². The van der Waals surface area contributed by atoms with Gasteiger partial charge in [-0.25, -0.2) is 4.79 Å². The van der Waals surface area contributed by atoms with Crippen LogP contribution in [0.2, 0.25) is 0 Å². The van der Waals surface area contributed by atoms with Gasteiger partial charge in [0.05, 0.1) is 6.04 Å². The molecule has 21 heavy (non-hydrogen) atoms. The molecule has 4 nitrogen and oxygen atoms in total. The number of hydrogen-bond acceptors (Lipinski definition) is 2. The normalized spacial score (nSPS) is 20.0. The number of rotatable bonds is 4. The summed E-state index contributed by atoms with van der Waals surface area (Å²) >= 11 is 0. The Morgan fingerprint density at radius 3 is 3.05 bits per heavy atom. The molecule has 2 unspecified atom stereocenters. The second-order valence-electron chi connectivity index (χ2n) is 6.17. The van der Waals surface area contributed by atoms with Crippen LogP contribution in [0.4, 0.5) is 4.79 Å². The highest BCUT2D eigenvalue weighted by Crippen LogP contribution is 2.15. The Morgan fingerprint density at radius 2 is 2.33 bits per heavy atom. The van der Waals surface area contributed by atoms with E-state index >= 15 is 0 Å². The molecule has 1 aromatic rings. The van der Waals surface area contributed by atoms with E-state index in [-0.39, 0.29) is 12.1 Å². The molecule has 1 N–H and O–H groups in total. The molecule has 2 rings (SSSR count). The molecule has 0 aromatic heterocycles. The monoisotopic (exact) mass is 290 g/mol. The molecule has 4 heteroatoms. The van der Waals surface area contributed by atoms with Crippen LogP contribution in [0.15, 0.2) is 24.3 Å². The summed E-state index contributed by atoms with van der Waals surface area (Å²) in [5.74, 6) is 1.45. The van der Waals surface area contributed by atoms with Crippen LogP contribution in [0, 0.1) is 12.8 Å². The molecule has 1 fully saturated rings. The smallest absolute Gasteiger partial charge is 0.317 e. The molecular formula is C17H26N2O2. The van der Waals surface area contributed by atoms with Crippen LogP contribution in [0.5, 0.6) is 5.75 Å². The van der Waals surface area contributed by atoms with Gasteiger partial charge >= 0.3 is 6.03 Å². The second kappa shape index (κ2) is 7.34. The van der Waals surface area contributed by atoms with E-state index in [1.54, 1.807) is 0 Å². The molecule has 0 bridgehead atoms. The Hall–Kier alpha value is -1.71. The lowest BCUT2D eigenvalue weighted by atomic mass is 10.0. The number of hydrogen-bond donors (Lipinski definition) is 1. The van der Waals surface area contributed by atoms with Gasteiger partial charge in [-0.1, -0.05) is 19.1 Å². The lowest BCUT2D eigenvalue weighted by molar-refractivity contribution is 0.162. The molecule has 2 amide bonds. The number of carbonyl (C=O) groups excluding carboxylic acids is 1. The first-order chi connectivity index (χ1) is 10.0. The lowest BCUT2D eigenvalue weighted by Gasteiger charge is -2.32. The summed E-state index contributed by atoms with van der Waals surface area (Å²) in [7, 11) is 0. The van der Waals surface area contributed by atoms with Crippen LogP contribution in [-0.4, -0.2) is 36.7 Å². The van der Waals surface area contributed by atoms with Gasteiger partial charge in [0.15, 0.2) is 0 Å². The Labute approximate surface area is 127 Å². The van der Waals surface area contributed by atoms with Gasteiger partial charge in [-0.05, 0) is 50.3 Å². The van der Waals surface area contributed by atoms with Gasteiger partial charge in [-0.15, -0.1) is 0 Å². The predicted molar refractivity (Wildman–Crippen MR) is 84.6 cm³/mol. The topological polar surface area (TPSA) is 41.6 Å². The van der Waals surface area contributed by atoms with Crippen molar-refractivity contribution in [3.63, 3.8) is 0 Å². The Morgan fingerprint density at radius 1 is 1.52 bits per heavy atom. The Balaban J connectivity index is 1.76. The Bertz CT molecular complexity index is 476. The molecule has 116 valence electrons. The van der Waals surface area contributed by atoms with Crippen LogP contribution in [0.3, 0.4) is 0 Å². The van der Waals surface area contributed by atoms with Crippen molar-refractivity contribution >= 4 is 6.03 Å². The number of urea groups is 1. The first kappa shape index (κ1) is 15.7. The van der Waals surface area contributed by atoms with Crippen molar-refractivity contribution in [2.45, 2.75) is 39.7 Å². The molecule has 0 spiro atoms. The molecule has 0 radical (unpaired) electrons. The highest BCUT2D eigenvalue weighted by Gasteiger charge is 2.21. The van der Waals surface area contributed by atoms with Crippen molar-refractivity contribution < 1.29 is 9.53 Å². The average Bonchev–Trinajstić information content (AvgIpc) is 2.45. The molecule has 1 aliphatic rings. The number of carbonyl (C=O) groups is 1. The van der Waals surface area contributed by atoms with Gasteiger partial charge in [-0.3, -0.25) is 0 Å². The molecule has 0 aliphatic carbocycles. The van der Waals surface area contributed by atoms with E-state index < -0.39 is 0 Å². The summed E-state index contributed by atoms with van der Waals surface area (Å²) in [6.45, 7) is 8.41. The number of amides is 2. The summed E-state index contributed by atoms with van der Waals surface area (Å²) in [6.07, 6.45) is 2.32. The minimum Gasteiger partial charge on any atom is -0.491 e. The van der Waals surface area contributed by atoms with E-state index in [0.29, 0.717) is 12.5 Å². The first-order valence-electron chi connectivity index (χ1n) is 7.79. The summed E-state index contributed by atoms with van der Waals surface area (Å²) in [4.78, 5) is 14.1. The van der Waals surface area contributed by atoms with Gasteiger partial charge in [0.25, 0.3) is 0 Å². The molecule has 1 heterocycles. The second-order valence-corrected chi connectivity index (χ2v) is 6.17. The van der Waals surface area contributed by atoms with Crippen molar-refractivity contribution in [1.82, 2.24) is 10.2 Å². The minimum absolute atomic E-state index is 0.00440. The van der Waals surface area contributed by atoms with Gasteiger partial charge in [0, 0.05) is 13.1 Å². The van der Waals surface area contributed by atoms with Gasteiger partial charge in [0.2, 0.25) is 0 Å². The fourth-order valence-electron chi connectivity index (χ4n) is 2.64. The average molecular weight is 290 g/mol. The van der Waals surface area contributed by atoms with E-state index in [0.717, 1.165) is 25.3 Å². The zero-order chi connectivity index (χ0) is 15.2. The van der Waals surface area contributed by atoms with Crippen molar-refractivity contribution in [3.8, 4) is 5.75 Å². The van der Waals surface area contributed by atoms with Crippen LogP contribution < -0.4 is 10.1 Å². The Kier molecular flexibility index (Phi) is 5.48. The van der Waals surface area contributed by atoms with E-state index in [1.807, 2.05) is 43.0 Å². The number of nitrogens with zero attached hydrogens (tertiary/aromatic N) is 1. The van der Waals surface area contributed by atoms with E-state index in [2.05, 4.69) is 12.2 Å². The molecule has 1 saturated heterocycles. The third kappa shape index (κ3) is 4.96. The minimum atomic E-state index is -0.00440. The van der Waals surface area contributed by atoms with E-state index in [9.17, 15) is 4.79 Å². The number of likely N-dealkylation sites (tertiary alicyclic amines) is 1. The van der Waals surface area contributed by atoms with Crippen molar-refractivity contribution in [2.24, 2.45) is 5.92 Å². The van der Waals surface area contributed by atoms with Crippen molar-refractivity contribution in [2.75, 3.05) is 19.7 Å². The summed E-state index contributed by atoms with van der Waals surface area (Å²) in [6, 6.07) is 7.98. The maximum absolute atomic E-state index is 12.2. The summed E-state index contributed by atoms with van der Waals surface area (Å²) in [5, 5.41) is 3.02. The van der Waals surface area contributed by atoms with Crippen molar-refractivity contribution in [1.29, 1.82) is 0 Å². The fourth-order valence-corrected chi connectivity index (χ4v) is 2.64. The molecule has 1 aromatic carbocycles. The predicted octanol–water partition coefficient (Wildman–Crippen LogP) is 3.20. The van der Waals surface area contributed by atoms with Gasteiger partial charge in [0.1, 0.15) is 12.4 Å².